The van der Waals surface area contributed by atoms with Crippen molar-refractivity contribution in [2.24, 2.45) is 11.7 Å². The lowest BCUT2D eigenvalue weighted by Crippen LogP contribution is -2.11. The molecule has 136 valence electrons. The Kier molecular flexibility index (Phi) is 7.08. The number of carbonyl (C=O) groups is 1. The number of esters is 1. The number of nitrogen functional groups attached to an aromatic ring is 1. The van der Waals surface area contributed by atoms with Crippen LogP contribution in [0.3, 0.4) is 0 Å². The summed E-state index contributed by atoms with van der Waals surface area (Å²) in [7, 11) is -3.67. The predicted molar refractivity (Wildman–Crippen MR) is 97.5 cm³/mol. The lowest BCUT2D eigenvalue weighted by atomic mass is 10.1. The monoisotopic (exact) mass is 366 g/mol. The first-order valence-corrected chi connectivity index (χ1v) is 9.32. The van der Waals surface area contributed by atoms with E-state index in [1.165, 1.54) is 0 Å². The molecule has 0 atom stereocenters. The highest BCUT2D eigenvalue weighted by Gasteiger charge is 2.08. The van der Waals surface area contributed by atoms with Crippen molar-refractivity contribution in [2.75, 3.05) is 6.26 Å². The van der Waals surface area contributed by atoms with Crippen molar-refractivity contribution in [1.82, 2.24) is 0 Å². The largest absolute Gasteiger partial charge is 0.426 e. The molecule has 0 aliphatic carbocycles. The number of benzene rings is 2. The summed E-state index contributed by atoms with van der Waals surface area (Å²) in [5.74, 6) is 0.638. The number of nitrogens with two attached hydrogens (primary N) is 1. The zero-order chi connectivity index (χ0) is 19.2. The van der Waals surface area contributed by atoms with Gasteiger partial charge >= 0.3 is 5.97 Å². The lowest BCUT2D eigenvalue weighted by Gasteiger charge is -2.08. The molecule has 0 unspecified atom stereocenters. The first-order valence-electron chi connectivity index (χ1n) is 7.47. The average molecular weight is 366 g/mol. The van der Waals surface area contributed by atoms with E-state index < -0.39 is 10.1 Å². The number of fused-ring (bicyclic) bond motifs is 1. The Morgan fingerprint density at radius 1 is 1.20 bits per heavy atom. The second-order valence-corrected chi connectivity index (χ2v) is 7.41. The molecule has 25 heavy (non-hydrogen) atoms. The number of hydrogen-bond acceptors (Lipinski definition) is 5. The number of nitrogens with one attached hydrogen (secondary N) is 1. The standard InChI is InChI=1S/C16H18N2O2.CH4O3S/c1-10(2)7-15(19)20-14-6-5-11-8-13(16(17)18)4-3-12(11)9-14;1-5(2,3)4/h3-6,8-10H,7H2,1-2H3,(H3,17,18);1H3,(H,2,3,4). The SMILES string of the molecule is CC(C)CC(=O)Oc1ccc2cc(C(=N)N)ccc2c1.CS(=O)(=O)O. The van der Waals surface area contributed by atoms with Crippen LogP contribution in [0.2, 0.25) is 0 Å². The minimum absolute atomic E-state index is 0.0411. The Bertz CT molecular complexity index is 868. The third-order valence-electron chi connectivity index (χ3n) is 2.93. The molecule has 0 saturated carbocycles. The van der Waals surface area contributed by atoms with E-state index >= 15 is 0 Å². The van der Waals surface area contributed by atoms with Crippen LogP contribution in [0.4, 0.5) is 0 Å². The van der Waals surface area contributed by atoms with Crippen LogP contribution in [0, 0.1) is 11.3 Å². The van der Waals surface area contributed by atoms with Crippen LogP contribution in [-0.4, -0.2) is 31.0 Å². The van der Waals surface area contributed by atoms with Gasteiger partial charge in [0.15, 0.2) is 0 Å². The van der Waals surface area contributed by atoms with Gasteiger partial charge in [0, 0.05) is 12.0 Å². The zero-order valence-corrected chi connectivity index (χ0v) is 15.1. The van der Waals surface area contributed by atoms with Crippen molar-refractivity contribution in [2.45, 2.75) is 20.3 Å². The summed E-state index contributed by atoms with van der Waals surface area (Å²) in [5, 5.41) is 9.33. The van der Waals surface area contributed by atoms with Crippen LogP contribution in [0.1, 0.15) is 25.8 Å². The van der Waals surface area contributed by atoms with Crippen molar-refractivity contribution in [3.8, 4) is 5.75 Å². The van der Waals surface area contributed by atoms with E-state index in [1.807, 2.05) is 38.1 Å². The molecule has 0 saturated heterocycles. The highest BCUT2D eigenvalue weighted by atomic mass is 32.2. The normalized spacial score (nSPS) is 10.9. The predicted octanol–water partition coefficient (Wildman–Crippen LogP) is 2.58. The van der Waals surface area contributed by atoms with Gasteiger partial charge in [-0.2, -0.15) is 8.42 Å². The quantitative estimate of drug-likeness (QED) is 0.251. The molecule has 4 N–H and O–H groups in total. The number of rotatable bonds is 4. The molecule has 0 radical (unpaired) electrons. The number of hydrogen-bond donors (Lipinski definition) is 3. The van der Waals surface area contributed by atoms with Gasteiger partial charge < -0.3 is 10.5 Å². The second kappa shape index (κ2) is 8.59. The first kappa shape index (κ1) is 20.6. The van der Waals surface area contributed by atoms with Gasteiger partial charge in [-0.3, -0.25) is 14.8 Å². The number of carbonyl (C=O) groups excluding carboxylic acids is 1. The highest BCUT2D eigenvalue weighted by molar-refractivity contribution is 7.85. The Balaban J connectivity index is 0.000000550. The molecule has 0 aliphatic heterocycles. The average Bonchev–Trinajstić information content (AvgIpc) is 2.43. The lowest BCUT2D eigenvalue weighted by molar-refractivity contribution is -0.135. The molecule has 0 amide bonds. The van der Waals surface area contributed by atoms with E-state index in [-0.39, 0.29) is 17.7 Å². The van der Waals surface area contributed by atoms with Gasteiger partial charge in [0.25, 0.3) is 10.1 Å². The fourth-order valence-corrected chi connectivity index (χ4v) is 1.96. The van der Waals surface area contributed by atoms with Crippen LogP contribution in [0.25, 0.3) is 10.8 Å². The molecule has 2 rings (SSSR count). The van der Waals surface area contributed by atoms with Gasteiger partial charge in [0.05, 0.1) is 6.26 Å². The van der Waals surface area contributed by atoms with Crippen LogP contribution in [0.5, 0.6) is 5.75 Å². The van der Waals surface area contributed by atoms with Crippen molar-refractivity contribution in [3.63, 3.8) is 0 Å². The Morgan fingerprint density at radius 3 is 2.24 bits per heavy atom. The van der Waals surface area contributed by atoms with Crippen molar-refractivity contribution in [1.29, 1.82) is 5.41 Å². The smallest absolute Gasteiger partial charge is 0.311 e. The minimum Gasteiger partial charge on any atom is -0.426 e. The van der Waals surface area contributed by atoms with Crippen molar-refractivity contribution >= 4 is 32.7 Å². The van der Waals surface area contributed by atoms with Gasteiger partial charge in [-0.25, -0.2) is 0 Å². The third kappa shape index (κ3) is 8.27. The number of ether oxygens (including phenoxy) is 1. The van der Waals surface area contributed by atoms with Crippen LogP contribution >= 0.6 is 0 Å². The minimum atomic E-state index is -3.67. The van der Waals surface area contributed by atoms with E-state index in [0.717, 1.165) is 10.8 Å². The zero-order valence-electron chi connectivity index (χ0n) is 14.3. The van der Waals surface area contributed by atoms with Crippen LogP contribution in [0.15, 0.2) is 36.4 Å². The molecule has 8 heteroatoms. The maximum absolute atomic E-state index is 11.6. The molecule has 2 aromatic rings. The molecule has 2 aromatic carbocycles. The summed E-state index contributed by atoms with van der Waals surface area (Å²) in [6.45, 7) is 3.95. The molecule has 0 fully saturated rings. The van der Waals surface area contributed by atoms with Gasteiger partial charge in [-0.05, 0) is 34.9 Å². The van der Waals surface area contributed by atoms with Gasteiger partial charge in [0.2, 0.25) is 0 Å². The molecular formula is C17H22N2O5S. The molecule has 0 aromatic heterocycles. The topological polar surface area (TPSA) is 131 Å². The molecule has 0 spiro atoms. The van der Waals surface area contributed by atoms with Crippen LogP contribution < -0.4 is 10.5 Å². The van der Waals surface area contributed by atoms with Gasteiger partial charge in [-0.15, -0.1) is 0 Å². The Morgan fingerprint density at radius 2 is 1.72 bits per heavy atom. The summed E-state index contributed by atoms with van der Waals surface area (Å²) in [6.07, 6.45) is 1.12. The van der Waals surface area contributed by atoms with Crippen molar-refractivity contribution in [3.05, 3.63) is 42.0 Å². The number of amidine groups is 1. The first-order chi connectivity index (χ1) is 11.5. The fourth-order valence-electron chi connectivity index (χ4n) is 1.96. The summed E-state index contributed by atoms with van der Waals surface area (Å²) in [5.41, 5.74) is 6.14. The van der Waals surface area contributed by atoms with E-state index in [1.54, 1.807) is 12.1 Å². The molecule has 0 bridgehead atoms. The summed E-state index contributed by atoms with van der Waals surface area (Å²) in [6, 6.07) is 10.9. The Hall–Kier alpha value is -2.45. The van der Waals surface area contributed by atoms with Gasteiger partial charge in [0.1, 0.15) is 11.6 Å². The van der Waals surface area contributed by atoms with E-state index in [2.05, 4.69) is 0 Å². The summed E-state index contributed by atoms with van der Waals surface area (Å²) >= 11 is 0. The summed E-state index contributed by atoms with van der Waals surface area (Å²) < 4.78 is 31.2. The maximum Gasteiger partial charge on any atom is 0.311 e. The second-order valence-electron chi connectivity index (χ2n) is 5.94. The van der Waals surface area contributed by atoms with Crippen molar-refractivity contribution < 1.29 is 22.5 Å². The van der Waals surface area contributed by atoms with Crippen LogP contribution in [-0.2, 0) is 14.9 Å². The molecular weight excluding hydrogens is 344 g/mol. The van der Waals surface area contributed by atoms with Gasteiger partial charge in [-0.1, -0.05) is 32.0 Å². The fraction of sp³-hybridized carbons (Fsp3) is 0.294. The van der Waals surface area contributed by atoms with E-state index in [0.29, 0.717) is 24.0 Å². The Labute approximate surface area is 147 Å². The molecule has 7 nitrogen and oxygen atoms in total. The molecule has 0 heterocycles. The highest BCUT2D eigenvalue weighted by Crippen LogP contribution is 2.22. The third-order valence-corrected chi connectivity index (χ3v) is 2.93. The summed E-state index contributed by atoms with van der Waals surface area (Å²) in [4.78, 5) is 11.6. The van der Waals surface area contributed by atoms with E-state index in [9.17, 15) is 13.2 Å². The molecule has 0 aliphatic rings. The maximum atomic E-state index is 11.6. The van der Waals surface area contributed by atoms with E-state index in [4.69, 9.17) is 20.4 Å².